The normalized spacial score (nSPS) is 12.2. The minimum absolute atomic E-state index is 0.155. The molecule has 0 heterocycles. The Morgan fingerprint density at radius 1 is 1.15 bits per heavy atom. The molecule has 1 aromatic carbocycles. The largest absolute Gasteiger partial charge is 0.456 e. The number of unbranched alkanes of at least 4 members (excludes halogenated alkanes) is 1. The van der Waals surface area contributed by atoms with Crippen LogP contribution in [-0.4, -0.2) is 25.8 Å². The molecule has 0 aromatic heterocycles. The fraction of sp³-hybridized carbons (Fsp3) is 0.588. The van der Waals surface area contributed by atoms with Crippen LogP contribution in [-0.2, 0) is 15.9 Å². The average Bonchev–Trinajstić information content (AvgIpc) is 2.46. The second-order valence-corrected chi connectivity index (χ2v) is 5.07. The van der Waals surface area contributed by atoms with Crippen molar-refractivity contribution >= 4 is 5.97 Å². The molecule has 0 fully saturated rings. The number of benzene rings is 1. The Balaban J connectivity index is 2.57. The molecule has 1 unspecified atom stereocenters. The fourth-order valence-electron chi connectivity index (χ4n) is 2.09. The lowest BCUT2D eigenvalue weighted by molar-refractivity contribution is 0.00298. The molecule has 0 saturated heterocycles. The molecule has 0 bridgehead atoms. The number of hydrogen-bond acceptors (Lipinski definition) is 3. The highest BCUT2D eigenvalue weighted by atomic mass is 16.6. The summed E-state index contributed by atoms with van der Waals surface area (Å²) in [7, 11) is 1.62. The number of esters is 1. The van der Waals surface area contributed by atoms with Crippen molar-refractivity contribution in [2.45, 2.75) is 52.1 Å². The minimum Gasteiger partial charge on any atom is -0.456 e. The molecule has 1 atom stereocenters. The molecule has 0 aliphatic rings. The zero-order chi connectivity index (χ0) is 14.8. The van der Waals surface area contributed by atoms with Crippen LogP contribution in [0.5, 0.6) is 0 Å². The van der Waals surface area contributed by atoms with E-state index < -0.39 is 0 Å². The van der Waals surface area contributed by atoms with E-state index in [0.29, 0.717) is 12.2 Å². The third-order valence-electron chi connectivity index (χ3n) is 3.25. The van der Waals surface area contributed by atoms with Gasteiger partial charge in [0.15, 0.2) is 0 Å². The van der Waals surface area contributed by atoms with Crippen molar-refractivity contribution in [2.24, 2.45) is 0 Å². The molecule has 0 aliphatic carbocycles. The van der Waals surface area contributed by atoms with Crippen LogP contribution >= 0.6 is 0 Å². The van der Waals surface area contributed by atoms with Crippen LogP contribution in [0.15, 0.2) is 24.3 Å². The number of ether oxygens (including phenoxy) is 2. The van der Waals surface area contributed by atoms with Crippen LogP contribution in [0.3, 0.4) is 0 Å². The lowest BCUT2D eigenvalue weighted by Gasteiger charge is -2.16. The van der Waals surface area contributed by atoms with Crippen molar-refractivity contribution in [2.75, 3.05) is 13.7 Å². The first-order chi connectivity index (χ1) is 9.71. The predicted octanol–water partition coefficient (Wildman–Crippen LogP) is 4.00. The van der Waals surface area contributed by atoms with Gasteiger partial charge in [-0.2, -0.15) is 0 Å². The lowest BCUT2D eigenvalue weighted by Crippen LogP contribution is -2.23. The molecule has 112 valence electrons. The topological polar surface area (TPSA) is 35.5 Å². The quantitative estimate of drug-likeness (QED) is 0.640. The fourth-order valence-corrected chi connectivity index (χ4v) is 2.09. The van der Waals surface area contributed by atoms with Crippen molar-refractivity contribution in [1.29, 1.82) is 0 Å². The van der Waals surface area contributed by atoms with Gasteiger partial charge < -0.3 is 9.47 Å². The van der Waals surface area contributed by atoms with Crippen molar-refractivity contribution in [1.82, 2.24) is 0 Å². The average molecular weight is 278 g/mol. The van der Waals surface area contributed by atoms with Crippen LogP contribution in [0.25, 0.3) is 0 Å². The zero-order valence-corrected chi connectivity index (χ0v) is 12.9. The second kappa shape index (κ2) is 9.54. The van der Waals surface area contributed by atoms with Crippen molar-refractivity contribution in [3.8, 4) is 0 Å². The van der Waals surface area contributed by atoms with Crippen molar-refractivity contribution < 1.29 is 14.3 Å². The summed E-state index contributed by atoms with van der Waals surface area (Å²) in [5, 5.41) is 0. The standard InChI is InChI=1S/C17H26O3/c1-4-6-8-14-9-11-15(12-10-14)17(18)20-16(7-5-2)13-19-3/h9-12,16H,4-8,13H2,1-3H3. The summed E-state index contributed by atoms with van der Waals surface area (Å²) in [5.41, 5.74) is 1.88. The predicted molar refractivity (Wildman–Crippen MR) is 81.0 cm³/mol. The lowest BCUT2D eigenvalue weighted by atomic mass is 10.1. The van der Waals surface area contributed by atoms with Gasteiger partial charge in [0.05, 0.1) is 12.2 Å². The second-order valence-electron chi connectivity index (χ2n) is 5.07. The monoisotopic (exact) mass is 278 g/mol. The Kier molecular flexibility index (Phi) is 7.97. The molecule has 0 aliphatic heterocycles. The summed E-state index contributed by atoms with van der Waals surface area (Å²) in [6, 6.07) is 7.72. The van der Waals surface area contributed by atoms with E-state index >= 15 is 0 Å². The number of carbonyl (C=O) groups is 1. The Morgan fingerprint density at radius 2 is 1.85 bits per heavy atom. The van der Waals surface area contributed by atoms with E-state index in [1.807, 2.05) is 24.3 Å². The molecular formula is C17H26O3. The van der Waals surface area contributed by atoms with E-state index in [-0.39, 0.29) is 12.1 Å². The summed E-state index contributed by atoms with van der Waals surface area (Å²) in [4.78, 5) is 12.1. The summed E-state index contributed by atoms with van der Waals surface area (Å²) >= 11 is 0. The van der Waals surface area contributed by atoms with Crippen molar-refractivity contribution in [3.63, 3.8) is 0 Å². The van der Waals surface area contributed by atoms with Gasteiger partial charge in [0.2, 0.25) is 0 Å². The van der Waals surface area contributed by atoms with Gasteiger partial charge in [0, 0.05) is 7.11 Å². The van der Waals surface area contributed by atoms with E-state index in [2.05, 4.69) is 13.8 Å². The van der Waals surface area contributed by atoms with Crippen molar-refractivity contribution in [3.05, 3.63) is 35.4 Å². The molecule has 1 rings (SSSR count). The number of methoxy groups -OCH3 is 1. The molecule has 3 nitrogen and oxygen atoms in total. The van der Waals surface area contributed by atoms with Gasteiger partial charge >= 0.3 is 5.97 Å². The Bertz CT molecular complexity index is 378. The van der Waals surface area contributed by atoms with E-state index in [1.54, 1.807) is 7.11 Å². The SMILES string of the molecule is CCCCc1ccc(C(=O)OC(CCC)COC)cc1. The Hall–Kier alpha value is -1.35. The molecule has 0 N–H and O–H groups in total. The van der Waals surface area contributed by atoms with E-state index in [9.17, 15) is 4.79 Å². The first-order valence-electron chi connectivity index (χ1n) is 7.50. The van der Waals surface area contributed by atoms with Crippen LogP contribution in [0, 0.1) is 0 Å². The van der Waals surface area contributed by atoms with E-state index in [4.69, 9.17) is 9.47 Å². The Labute approximate surface area is 122 Å². The highest BCUT2D eigenvalue weighted by Crippen LogP contribution is 2.11. The Morgan fingerprint density at radius 3 is 2.40 bits per heavy atom. The van der Waals surface area contributed by atoms with E-state index in [0.717, 1.165) is 19.3 Å². The highest BCUT2D eigenvalue weighted by molar-refractivity contribution is 5.89. The maximum atomic E-state index is 12.1. The highest BCUT2D eigenvalue weighted by Gasteiger charge is 2.15. The summed E-state index contributed by atoms with van der Waals surface area (Å²) in [6.45, 7) is 4.70. The molecular weight excluding hydrogens is 252 g/mol. The van der Waals surface area contributed by atoms with Gasteiger partial charge in [-0.25, -0.2) is 4.79 Å². The first-order valence-corrected chi connectivity index (χ1v) is 7.50. The third kappa shape index (κ3) is 5.74. The molecule has 20 heavy (non-hydrogen) atoms. The van der Waals surface area contributed by atoms with Crippen LogP contribution in [0.2, 0.25) is 0 Å². The van der Waals surface area contributed by atoms with E-state index in [1.165, 1.54) is 18.4 Å². The molecule has 3 heteroatoms. The molecule has 0 spiro atoms. The number of hydrogen-bond donors (Lipinski definition) is 0. The van der Waals surface area contributed by atoms with Gasteiger partial charge in [-0.1, -0.05) is 38.8 Å². The maximum Gasteiger partial charge on any atom is 0.338 e. The smallest absolute Gasteiger partial charge is 0.338 e. The maximum absolute atomic E-state index is 12.1. The van der Waals surface area contributed by atoms with Gasteiger partial charge in [0.1, 0.15) is 6.10 Å². The van der Waals surface area contributed by atoms with Gasteiger partial charge in [-0.05, 0) is 37.0 Å². The van der Waals surface area contributed by atoms with Gasteiger partial charge in [-0.15, -0.1) is 0 Å². The number of carbonyl (C=O) groups excluding carboxylic acids is 1. The van der Waals surface area contributed by atoms with Gasteiger partial charge in [-0.3, -0.25) is 0 Å². The summed E-state index contributed by atoms with van der Waals surface area (Å²) < 4.78 is 10.6. The molecule has 1 aromatic rings. The molecule has 0 saturated carbocycles. The zero-order valence-electron chi connectivity index (χ0n) is 12.9. The summed E-state index contributed by atoms with van der Waals surface area (Å²) in [5.74, 6) is -0.262. The minimum atomic E-state index is -0.262. The van der Waals surface area contributed by atoms with Crippen LogP contribution < -0.4 is 0 Å². The number of rotatable bonds is 9. The number of aryl methyl sites for hydroxylation is 1. The van der Waals surface area contributed by atoms with Crippen LogP contribution in [0.1, 0.15) is 55.5 Å². The first kappa shape index (κ1) is 16.7. The summed E-state index contributed by atoms with van der Waals surface area (Å²) in [6.07, 6.45) is 5.06. The molecule has 0 amide bonds. The molecule has 0 radical (unpaired) electrons. The van der Waals surface area contributed by atoms with Gasteiger partial charge in [0.25, 0.3) is 0 Å². The third-order valence-corrected chi connectivity index (χ3v) is 3.25. The van der Waals surface area contributed by atoms with Crippen LogP contribution in [0.4, 0.5) is 0 Å².